The van der Waals surface area contributed by atoms with Crippen molar-refractivity contribution in [2.24, 2.45) is 10.1 Å². The molecule has 1 N–H and O–H groups in total. The van der Waals surface area contributed by atoms with Gasteiger partial charge in [-0.1, -0.05) is 53.6 Å². The van der Waals surface area contributed by atoms with E-state index >= 15 is 0 Å². The number of hydrogen-bond donors (Lipinski definition) is 1. The number of amides is 1. The molecule has 0 saturated heterocycles. The Labute approximate surface area is 224 Å². The number of aliphatic imine (C=N–C) groups is 1. The topological polar surface area (TPSA) is 121 Å². The molecule has 0 aliphatic carbocycles. The molecular weight excluding hydrogens is 524 g/mol. The molecule has 0 saturated carbocycles. The summed E-state index contributed by atoms with van der Waals surface area (Å²) in [5.41, 5.74) is 3.42. The fraction of sp³-hybridized carbons (Fsp3) is 0.111. The third-order valence-corrected chi connectivity index (χ3v) is 7.97. The van der Waals surface area contributed by atoms with E-state index < -0.39 is 16.0 Å². The summed E-state index contributed by atoms with van der Waals surface area (Å²) < 4.78 is 36.1. The zero-order valence-corrected chi connectivity index (χ0v) is 22.3. The summed E-state index contributed by atoms with van der Waals surface area (Å²) in [7, 11) is -2.71. The van der Waals surface area contributed by atoms with E-state index in [1.54, 1.807) is 18.2 Å². The van der Waals surface area contributed by atoms with Crippen molar-refractivity contribution < 1.29 is 22.1 Å². The number of fused-ring (bicyclic) bond motifs is 1. The predicted molar refractivity (Wildman–Crippen MR) is 147 cm³/mol. The van der Waals surface area contributed by atoms with Crippen LogP contribution in [0.2, 0.25) is 0 Å². The largest absolute Gasteiger partial charge is 0.493 e. The van der Waals surface area contributed by atoms with E-state index in [2.05, 4.69) is 10.1 Å². The van der Waals surface area contributed by atoms with Crippen molar-refractivity contribution in [2.75, 3.05) is 7.11 Å². The van der Waals surface area contributed by atoms with Crippen LogP contribution in [-0.2, 0) is 14.9 Å². The van der Waals surface area contributed by atoms with Gasteiger partial charge in [-0.2, -0.15) is 23.5 Å². The molecule has 0 atom stereocenters. The molecule has 3 aromatic carbocycles. The van der Waals surface area contributed by atoms with Crippen LogP contribution in [0.5, 0.6) is 11.5 Å². The number of methoxy groups -OCH3 is 1. The summed E-state index contributed by atoms with van der Waals surface area (Å²) in [5.74, 6) is -0.555. The standard InChI is InChI=1S/C27H22N4O5S2/c1-16-4-9-19(10-5-16)26-30-31-24(28)21(25(32)29-27(31)37-26)14-18-8-13-22(23(15-18)35-3)36-38(33,34)20-11-6-17(2)7-12-20/h4-15,28H,1-3H3/b21-14-,28-24?. The summed E-state index contributed by atoms with van der Waals surface area (Å²) in [5, 5.41) is 15.4. The van der Waals surface area contributed by atoms with Crippen LogP contribution < -0.4 is 8.92 Å². The van der Waals surface area contributed by atoms with Crippen molar-refractivity contribution in [3.8, 4) is 11.5 Å². The van der Waals surface area contributed by atoms with Crippen molar-refractivity contribution in [1.29, 1.82) is 5.41 Å². The van der Waals surface area contributed by atoms with Crippen LogP contribution in [0.15, 0.2) is 87.3 Å². The average Bonchev–Trinajstić information content (AvgIpc) is 3.32. The minimum atomic E-state index is -4.09. The van der Waals surface area contributed by atoms with Crippen molar-refractivity contribution in [2.45, 2.75) is 18.7 Å². The van der Waals surface area contributed by atoms with Crippen LogP contribution >= 0.6 is 11.8 Å². The molecule has 192 valence electrons. The third kappa shape index (κ3) is 4.98. The van der Waals surface area contributed by atoms with Gasteiger partial charge in [0.15, 0.2) is 17.3 Å². The number of amidine groups is 2. The van der Waals surface area contributed by atoms with E-state index in [-0.39, 0.29) is 27.8 Å². The molecule has 0 fully saturated rings. The second-order valence-corrected chi connectivity index (χ2v) is 11.1. The molecule has 11 heteroatoms. The molecule has 0 radical (unpaired) electrons. The number of hydrazone groups is 1. The second-order valence-electron chi connectivity index (χ2n) is 8.55. The fourth-order valence-electron chi connectivity index (χ4n) is 3.69. The molecule has 2 heterocycles. The maximum atomic E-state index is 12.8. The van der Waals surface area contributed by atoms with E-state index in [1.165, 1.54) is 54.2 Å². The van der Waals surface area contributed by atoms with Crippen LogP contribution in [0.3, 0.4) is 0 Å². The highest BCUT2D eigenvalue weighted by molar-refractivity contribution is 8.27. The Balaban J connectivity index is 1.41. The molecule has 9 nitrogen and oxygen atoms in total. The maximum absolute atomic E-state index is 12.8. The number of carbonyl (C=O) groups excluding carboxylic acids is 1. The number of nitrogens with zero attached hydrogens (tertiary/aromatic N) is 3. The van der Waals surface area contributed by atoms with Gasteiger partial charge in [-0.05, 0) is 61.5 Å². The van der Waals surface area contributed by atoms with Gasteiger partial charge in [0.1, 0.15) is 9.94 Å². The first-order chi connectivity index (χ1) is 18.1. The quantitative estimate of drug-likeness (QED) is 0.350. The Kier molecular flexibility index (Phi) is 6.64. The highest BCUT2D eigenvalue weighted by Crippen LogP contribution is 2.34. The van der Waals surface area contributed by atoms with Gasteiger partial charge in [0.2, 0.25) is 5.17 Å². The van der Waals surface area contributed by atoms with Crippen LogP contribution in [0.25, 0.3) is 6.08 Å². The van der Waals surface area contributed by atoms with Gasteiger partial charge in [0, 0.05) is 5.56 Å². The number of carbonyl (C=O) groups is 1. The predicted octanol–water partition coefficient (Wildman–Crippen LogP) is 4.75. The molecule has 1 amide bonds. The summed E-state index contributed by atoms with van der Waals surface area (Å²) in [4.78, 5) is 16.9. The minimum Gasteiger partial charge on any atom is -0.493 e. The van der Waals surface area contributed by atoms with Gasteiger partial charge in [0.05, 0.1) is 12.7 Å². The highest BCUT2D eigenvalue weighted by Gasteiger charge is 2.36. The summed E-state index contributed by atoms with van der Waals surface area (Å²) in [6.07, 6.45) is 1.48. The molecular formula is C27H22N4O5S2. The number of rotatable bonds is 6. The highest BCUT2D eigenvalue weighted by atomic mass is 32.2. The first kappa shape index (κ1) is 25.4. The lowest BCUT2D eigenvalue weighted by Crippen LogP contribution is -2.35. The minimum absolute atomic E-state index is 0.0103. The molecule has 0 spiro atoms. The van der Waals surface area contributed by atoms with Crippen LogP contribution in [0, 0.1) is 19.3 Å². The number of hydrogen-bond acceptors (Lipinski definition) is 8. The van der Waals surface area contributed by atoms with E-state index in [0.717, 1.165) is 16.7 Å². The number of ether oxygens (including phenoxy) is 1. The Morgan fingerprint density at radius 2 is 1.61 bits per heavy atom. The Morgan fingerprint density at radius 1 is 0.947 bits per heavy atom. The number of nitrogens with one attached hydrogen (secondary N) is 1. The molecule has 2 aliphatic rings. The molecule has 0 bridgehead atoms. The maximum Gasteiger partial charge on any atom is 0.339 e. The van der Waals surface area contributed by atoms with Gasteiger partial charge >= 0.3 is 10.1 Å². The normalized spacial score (nSPS) is 16.3. The number of aryl methyl sites for hydroxylation is 2. The summed E-state index contributed by atoms with van der Waals surface area (Å²) >= 11 is 1.23. The van der Waals surface area contributed by atoms with E-state index in [9.17, 15) is 13.2 Å². The number of thioether (sulfide) groups is 1. The van der Waals surface area contributed by atoms with Crippen molar-refractivity contribution in [3.05, 3.63) is 94.6 Å². The number of benzene rings is 3. The summed E-state index contributed by atoms with van der Waals surface area (Å²) in [6.45, 7) is 3.84. The summed E-state index contributed by atoms with van der Waals surface area (Å²) in [6, 6.07) is 18.6. The third-order valence-electron chi connectivity index (χ3n) is 5.76. The first-order valence-electron chi connectivity index (χ1n) is 11.4. The first-order valence-corrected chi connectivity index (χ1v) is 13.6. The molecule has 38 heavy (non-hydrogen) atoms. The SMILES string of the molecule is COc1cc(/C=C2/C(=N)N3N=C(c4ccc(C)cc4)SC3=NC2=O)ccc1OS(=O)(=O)c1ccc(C)cc1. The average molecular weight is 547 g/mol. The lowest BCUT2D eigenvalue weighted by atomic mass is 10.1. The monoisotopic (exact) mass is 546 g/mol. The van der Waals surface area contributed by atoms with Crippen molar-refractivity contribution >= 4 is 49.9 Å². The van der Waals surface area contributed by atoms with Crippen LogP contribution in [-0.4, -0.2) is 42.5 Å². The van der Waals surface area contributed by atoms with E-state index in [1.807, 2.05) is 38.1 Å². The van der Waals surface area contributed by atoms with Gasteiger partial charge < -0.3 is 8.92 Å². The zero-order valence-electron chi connectivity index (χ0n) is 20.6. The lowest BCUT2D eigenvalue weighted by Gasteiger charge is -2.20. The fourth-order valence-corrected chi connectivity index (χ4v) is 5.52. The van der Waals surface area contributed by atoms with Gasteiger partial charge in [0.25, 0.3) is 5.91 Å². The Bertz CT molecular complexity index is 1660. The smallest absolute Gasteiger partial charge is 0.339 e. The van der Waals surface area contributed by atoms with Crippen LogP contribution in [0.4, 0.5) is 0 Å². The molecule has 5 rings (SSSR count). The lowest BCUT2D eigenvalue weighted by molar-refractivity contribution is -0.114. The second kappa shape index (κ2) is 9.92. The van der Waals surface area contributed by atoms with Crippen LogP contribution in [0.1, 0.15) is 22.3 Å². The van der Waals surface area contributed by atoms with E-state index in [0.29, 0.717) is 15.8 Å². The van der Waals surface area contributed by atoms with Crippen molar-refractivity contribution in [3.63, 3.8) is 0 Å². The van der Waals surface area contributed by atoms with Gasteiger partial charge in [-0.25, -0.2) is 0 Å². The molecule has 3 aromatic rings. The van der Waals surface area contributed by atoms with Gasteiger partial charge in [-0.3, -0.25) is 10.2 Å². The van der Waals surface area contributed by atoms with Crippen molar-refractivity contribution in [1.82, 2.24) is 5.01 Å². The molecule has 2 aliphatic heterocycles. The Morgan fingerprint density at radius 3 is 2.26 bits per heavy atom. The molecule has 0 aromatic heterocycles. The Hall–Kier alpha value is -4.22. The van der Waals surface area contributed by atoms with E-state index in [4.69, 9.17) is 14.3 Å². The molecule has 0 unspecified atom stereocenters. The zero-order chi connectivity index (χ0) is 27.0. The van der Waals surface area contributed by atoms with Gasteiger partial charge in [-0.15, -0.1) is 0 Å².